The Balaban J connectivity index is 2.18. The number of rotatable bonds is 4. The van der Waals surface area contributed by atoms with Crippen LogP contribution in [0.4, 0.5) is 5.69 Å². The number of benzene rings is 1. The molecule has 0 saturated heterocycles. The first-order valence-electron chi connectivity index (χ1n) is 5.46. The predicted molar refractivity (Wildman–Crippen MR) is 75.7 cm³/mol. The molecule has 1 heterocycles. The second kappa shape index (κ2) is 5.50. The van der Waals surface area contributed by atoms with Gasteiger partial charge in [-0.3, -0.25) is 4.79 Å². The van der Waals surface area contributed by atoms with Crippen LogP contribution in [0.25, 0.3) is 0 Å². The van der Waals surface area contributed by atoms with E-state index in [0.29, 0.717) is 10.6 Å². The fourth-order valence-corrected chi connectivity index (χ4v) is 2.53. The molecule has 1 aromatic carbocycles. The molecule has 0 saturated carbocycles. The van der Waals surface area contributed by atoms with Gasteiger partial charge < -0.3 is 4.90 Å². The Labute approximate surface area is 115 Å². The summed E-state index contributed by atoms with van der Waals surface area (Å²) >= 11 is 7.67. The van der Waals surface area contributed by atoms with E-state index >= 15 is 0 Å². The van der Waals surface area contributed by atoms with Crippen LogP contribution in [0.2, 0.25) is 5.02 Å². The van der Waals surface area contributed by atoms with Crippen LogP contribution >= 0.6 is 22.9 Å². The number of thiazole rings is 1. The Bertz CT molecular complexity index is 554. The first-order chi connectivity index (χ1) is 8.58. The Hall–Kier alpha value is -1.39. The van der Waals surface area contributed by atoms with Crippen molar-refractivity contribution in [3.8, 4) is 0 Å². The number of hydrogen-bond acceptors (Lipinski definition) is 4. The van der Waals surface area contributed by atoms with Gasteiger partial charge in [0.05, 0.1) is 22.8 Å². The molecule has 0 aliphatic heterocycles. The molecule has 0 aliphatic carbocycles. The molecule has 0 radical (unpaired) electrons. The number of halogens is 1. The number of carbonyl (C=O) groups is 1. The fourth-order valence-electron chi connectivity index (χ4n) is 1.68. The topological polar surface area (TPSA) is 33.2 Å². The Morgan fingerprint density at radius 1 is 1.50 bits per heavy atom. The quantitative estimate of drug-likeness (QED) is 0.802. The molecular weight excluding hydrogens is 268 g/mol. The van der Waals surface area contributed by atoms with Crippen LogP contribution in [0.3, 0.4) is 0 Å². The molecule has 0 unspecified atom stereocenters. The number of nitrogens with zero attached hydrogens (tertiary/aromatic N) is 2. The molecule has 0 spiro atoms. The zero-order valence-corrected chi connectivity index (χ0v) is 11.8. The molecule has 3 nitrogen and oxygen atoms in total. The van der Waals surface area contributed by atoms with Crippen molar-refractivity contribution >= 4 is 34.4 Å². The van der Waals surface area contributed by atoms with Gasteiger partial charge in [0.2, 0.25) is 0 Å². The third-order valence-electron chi connectivity index (χ3n) is 2.66. The van der Waals surface area contributed by atoms with Crippen molar-refractivity contribution in [1.29, 1.82) is 0 Å². The first-order valence-corrected chi connectivity index (χ1v) is 6.78. The Morgan fingerprint density at radius 2 is 2.28 bits per heavy atom. The normalized spacial score (nSPS) is 10.4. The second-order valence-electron chi connectivity index (χ2n) is 4.06. The molecule has 0 amide bonds. The van der Waals surface area contributed by atoms with Gasteiger partial charge >= 0.3 is 0 Å². The Morgan fingerprint density at radius 3 is 2.83 bits per heavy atom. The average Bonchev–Trinajstić information content (AvgIpc) is 2.81. The molecular formula is C13H13ClN2OS. The second-order valence-corrected chi connectivity index (χ2v) is 5.18. The standard InChI is InChI=1S/C13H13ClN2OS/c1-9(17)12-4-3-11(5-13(12)14)16(2)6-10-7-18-8-15-10/h3-5,7-8H,6H2,1-2H3. The molecule has 0 aliphatic rings. The fraction of sp³-hybridized carbons (Fsp3) is 0.231. The van der Waals surface area contributed by atoms with Gasteiger partial charge in [0.15, 0.2) is 5.78 Å². The smallest absolute Gasteiger partial charge is 0.161 e. The number of anilines is 1. The van der Waals surface area contributed by atoms with Crippen molar-refractivity contribution in [2.24, 2.45) is 0 Å². The summed E-state index contributed by atoms with van der Waals surface area (Å²) in [6.45, 7) is 2.24. The van der Waals surface area contributed by atoms with E-state index in [1.165, 1.54) is 6.92 Å². The van der Waals surface area contributed by atoms with E-state index in [2.05, 4.69) is 4.98 Å². The maximum atomic E-state index is 11.3. The van der Waals surface area contributed by atoms with E-state index in [0.717, 1.165) is 17.9 Å². The highest BCUT2D eigenvalue weighted by molar-refractivity contribution is 7.07. The van der Waals surface area contributed by atoms with Crippen LogP contribution in [0, 0.1) is 0 Å². The van der Waals surface area contributed by atoms with Gasteiger partial charge in [0.25, 0.3) is 0 Å². The number of ketones is 1. The lowest BCUT2D eigenvalue weighted by atomic mass is 10.1. The van der Waals surface area contributed by atoms with Crippen molar-refractivity contribution < 1.29 is 4.79 Å². The minimum absolute atomic E-state index is 0.0197. The van der Waals surface area contributed by atoms with E-state index in [9.17, 15) is 4.79 Å². The lowest BCUT2D eigenvalue weighted by Gasteiger charge is -2.18. The number of Topliss-reactive ketones (excluding diaryl/α,β-unsaturated/α-hetero) is 1. The predicted octanol–water partition coefficient (Wildman–Crippen LogP) is 3.64. The van der Waals surface area contributed by atoms with Gasteiger partial charge in [0.1, 0.15) is 0 Å². The largest absolute Gasteiger partial charge is 0.369 e. The van der Waals surface area contributed by atoms with Crippen molar-refractivity contribution in [3.63, 3.8) is 0 Å². The molecule has 94 valence electrons. The molecule has 5 heteroatoms. The molecule has 0 bridgehead atoms. The van der Waals surface area contributed by atoms with Gasteiger partial charge in [-0.25, -0.2) is 4.98 Å². The van der Waals surface area contributed by atoms with Gasteiger partial charge in [-0.05, 0) is 25.1 Å². The summed E-state index contributed by atoms with van der Waals surface area (Å²) in [5.74, 6) is -0.0197. The van der Waals surface area contributed by atoms with Crippen LogP contribution in [-0.2, 0) is 6.54 Å². The lowest BCUT2D eigenvalue weighted by Crippen LogP contribution is -2.16. The summed E-state index contributed by atoms with van der Waals surface area (Å²) in [4.78, 5) is 17.6. The summed E-state index contributed by atoms with van der Waals surface area (Å²) < 4.78 is 0. The molecule has 0 atom stereocenters. The van der Waals surface area contributed by atoms with Crippen LogP contribution in [0.5, 0.6) is 0 Å². The van der Waals surface area contributed by atoms with Crippen molar-refractivity contribution in [3.05, 3.63) is 45.4 Å². The molecule has 1 aromatic heterocycles. The first kappa shape index (κ1) is 13.1. The summed E-state index contributed by atoms with van der Waals surface area (Å²) in [5, 5.41) is 2.51. The average molecular weight is 281 g/mol. The summed E-state index contributed by atoms with van der Waals surface area (Å²) in [6, 6.07) is 5.47. The number of hydrogen-bond donors (Lipinski definition) is 0. The van der Waals surface area contributed by atoms with E-state index in [1.54, 1.807) is 17.4 Å². The number of aromatic nitrogens is 1. The lowest BCUT2D eigenvalue weighted by molar-refractivity contribution is 0.101. The van der Waals surface area contributed by atoms with Crippen molar-refractivity contribution in [1.82, 2.24) is 4.98 Å². The monoisotopic (exact) mass is 280 g/mol. The molecule has 2 rings (SSSR count). The minimum Gasteiger partial charge on any atom is -0.369 e. The summed E-state index contributed by atoms with van der Waals surface area (Å²) in [7, 11) is 1.97. The van der Waals surface area contributed by atoms with Gasteiger partial charge in [-0.2, -0.15) is 0 Å². The van der Waals surface area contributed by atoms with Crippen LogP contribution < -0.4 is 4.90 Å². The van der Waals surface area contributed by atoms with E-state index in [1.807, 2.05) is 35.0 Å². The van der Waals surface area contributed by atoms with Crippen molar-refractivity contribution in [2.75, 3.05) is 11.9 Å². The molecule has 0 fully saturated rings. The van der Waals surface area contributed by atoms with Crippen LogP contribution in [0.15, 0.2) is 29.1 Å². The SMILES string of the molecule is CC(=O)c1ccc(N(C)Cc2cscn2)cc1Cl. The molecule has 0 N–H and O–H groups in total. The molecule has 2 aromatic rings. The summed E-state index contributed by atoms with van der Waals surface area (Å²) in [6.07, 6.45) is 0. The highest BCUT2D eigenvalue weighted by Crippen LogP contribution is 2.24. The highest BCUT2D eigenvalue weighted by atomic mass is 35.5. The molecule has 18 heavy (non-hydrogen) atoms. The number of carbonyl (C=O) groups excluding carboxylic acids is 1. The third-order valence-corrected chi connectivity index (χ3v) is 3.60. The van der Waals surface area contributed by atoms with Gasteiger partial charge in [-0.15, -0.1) is 11.3 Å². The minimum atomic E-state index is -0.0197. The zero-order valence-electron chi connectivity index (χ0n) is 10.2. The zero-order chi connectivity index (χ0) is 13.1. The van der Waals surface area contributed by atoms with Gasteiger partial charge in [-0.1, -0.05) is 11.6 Å². The van der Waals surface area contributed by atoms with E-state index < -0.39 is 0 Å². The highest BCUT2D eigenvalue weighted by Gasteiger charge is 2.09. The van der Waals surface area contributed by atoms with E-state index in [-0.39, 0.29) is 5.78 Å². The van der Waals surface area contributed by atoms with Crippen LogP contribution in [0.1, 0.15) is 23.0 Å². The van der Waals surface area contributed by atoms with Gasteiger partial charge in [0, 0.05) is 23.7 Å². The third kappa shape index (κ3) is 2.89. The summed E-state index contributed by atoms with van der Waals surface area (Å²) in [5.41, 5.74) is 4.37. The maximum absolute atomic E-state index is 11.3. The van der Waals surface area contributed by atoms with Crippen molar-refractivity contribution in [2.45, 2.75) is 13.5 Å². The Kier molecular flexibility index (Phi) is 3.99. The maximum Gasteiger partial charge on any atom is 0.161 e. The van der Waals surface area contributed by atoms with E-state index in [4.69, 9.17) is 11.6 Å². The van der Waals surface area contributed by atoms with Crippen LogP contribution in [-0.4, -0.2) is 17.8 Å².